The van der Waals surface area contributed by atoms with E-state index in [0.717, 1.165) is 11.3 Å². The van der Waals surface area contributed by atoms with Crippen molar-refractivity contribution < 1.29 is 0 Å². The fraction of sp³-hybridized carbons (Fsp3) is 0.118. The predicted octanol–water partition coefficient (Wildman–Crippen LogP) is 4.01. The maximum Gasteiger partial charge on any atom is 0.133 e. The van der Waals surface area contributed by atoms with Gasteiger partial charge in [0.2, 0.25) is 0 Å². The van der Waals surface area contributed by atoms with Crippen LogP contribution in [0.25, 0.3) is 6.08 Å². The van der Waals surface area contributed by atoms with Crippen molar-refractivity contribution in [2.24, 2.45) is 0 Å². The first-order chi connectivity index (χ1) is 9.28. The van der Waals surface area contributed by atoms with Crippen LogP contribution in [0.1, 0.15) is 11.1 Å². The summed E-state index contributed by atoms with van der Waals surface area (Å²) in [6.07, 6.45) is 3.82. The Hall–Kier alpha value is -2.53. The van der Waals surface area contributed by atoms with Crippen molar-refractivity contribution in [2.75, 3.05) is 5.32 Å². The smallest absolute Gasteiger partial charge is 0.133 e. The first-order valence-electron chi connectivity index (χ1n) is 6.24. The Morgan fingerprint density at radius 3 is 2.37 bits per heavy atom. The molecule has 0 aliphatic heterocycles. The van der Waals surface area contributed by atoms with Gasteiger partial charge in [-0.3, -0.25) is 0 Å². The van der Waals surface area contributed by atoms with Crippen LogP contribution in [0.2, 0.25) is 0 Å². The Kier molecular flexibility index (Phi) is 4.36. The highest BCUT2D eigenvalue weighted by molar-refractivity contribution is 5.54. The highest BCUT2D eigenvalue weighted by atomic mass is 14.9. The van der Waals surface area contributed by atoms with Gasteiger partial charge in [-0.05, 0) is 30.7 Å². The summed E-state index contributed by atoms with van der Waals surface area (Å²) in [6, 6.07) is 19.9. The van der Waals surface area contributed by atoms with E-state index in [1.807, 2.05) is 73.7 Å². The lowest BCUT2D eigenvalue weighted by molar-refractivity contribution is 1.12. The second-order valence-corrected chi connectivity index (χ2v) is 4.39. The molecule has 0 heterocycles. The molecule has 0 aliphatic carbocycles. The van der Waals surface area contributed by atoms with E-state index in [0.29, 0.717) is 0 Å². The summed E-state index contributed by atoms with van der Waals surface area (Å²) in [6.45, 7) is 2.04. The van der Waals surface area contributed by atoms with Gasteiger partial charge in [-0.2, -0.15) is 5.26 Å². The summed E-state index contributed by atoms with van der Waals surface area (Å²) in [4.78, 5) is 0. The first-order valence-corrected chi connectivity index (χ1v) is 6.24. The van der Waals surface area contributed by atoms with Crippen LogP contribution >= 0.6 is 0 Å². The quantitative estimate of drug-likeness (QED) is 0.887. The van der Waals surface area contributed by atoms with E-state index < -0.39 is 0 Å². The minimum absolute atomic E-state index is 0.331. The first kappa shape index (κ1) is 12.9. The predicted molar refractivity (Wildman–Crippen MR) is 79.7 cm³/mol. The third kappa shape index (κ3) is 4.01. The molecule has 2 rings (SSSR count). The van der Waals surface area contributed by atoms with Gasteiger partial charge in [0.05, 0.1) is 6.07 Å². The fourth-order valence-electron chi connectivity index (χ4n) is 1.72. The zero-order valence-electron chi connectivity index (χ0n) is 10.9. The molecule has 1 atom stereocenters. The lowest BCUT2D eigenvalue weighted by Crippen LogP contribution is -2.13. The number of nitriles is 1. The number of nitrogens with zero attached hydrogens (tertiary/aromatic N) is 1. The van der Waals surface area contributed by atoms with Gasteiger partial charge in [0.1, 0.15) is 6.04 Å². The highest BCUT2D eigenvalue weighted by Gasteiger charge is 2.01. The molecule has 0 spiro atoms. The highest BCUT2D eigenvalue weighted by Crippen LogP contribution is 2.11. The van der Waals surface area contributed by atoms with Gasteiger partial charge >= 0.3 is 0 Å². The molecule has 0 bridgehead atoms. The molecule has 0 fully saturated rings. The summed E-state index contributed by atoms with van der Waals surface area (Å²) < 4.78 is 0. The van der Waals surface area contributed by atoms with E-state index >= 15 is 0 Å². The Balaban J connectivity index is 2.03. The Bertz CT molecular complexity index is 577. The number of benzene rings is 2. The van der Waals surface area contributed by atoms with Crippen LogP contribution < -0.4 is 5.32 Å². The maximum atomic E-state index is 9.16. The molecule has 0 saturated heterocycles. The standard InChI is InChI=1S/C17H16N2/c1-14-7-10-16(11-8-14)19-17(13-18)12-9-15-5-3-2-4-6-15/h2-12,17,19H,1H3/b12-9+. The summed E-state index contributed by atoms with van der Waals surface area (Å²) in [5, 5.41) is 12.3. The van der Waals surface area contributed by atoms with Crippen LogP contribution in [-0.2, 0) is 0 Å². The SMILES string of the molecule is Cc1ccc(NC(C#N)/C=C/c2ccccc2)cc1. The zero-order chi connectivity index (χ0) is 13.5. The Labute approximate surface area is 114 Å². The van der Waals surface area contributed by atoms with Crippen LogP contribution in [0.15, 0.2) is 60.7 Å². The maximum absolute atomic E-state index is 9.16. The number of hydrogen-bond donors (Lipinski definition) is 1. The van der Waals surface area contributed by atoms with Crippen molar-refractivity contribution in [3.63, 3.8) is 0 Å². The molecule has 0 radical (unpaired) electrons. The second kappa shape index (κ2) is 6.42. The fourth-order valence-corrected chi connectivity index (χ4v) is 1.72. The van der Waals surface area contributed by atoms with Gasteiger partial charge in [0, 0.05) is 5.69 Å². The molecular weight excluding hydrogens is 232 g/mol. The van der Waals surface area contributed by atoms with Crippen molar-refractivity contribution in [2.45, 2.75) is 13.0 Å². The van der Waals surface area contributed by atoms with Gasteiger partial charge in [-0.1, -0.05) is 54.1 Å². The van der Waals surface area contributed by atoms with E-state index in [4.69, 9.17) is 5.26 Å². The van der Waals surface area contributed by atoms with Gasteiger partial charge in [0.15, 0.2) is 0 Å². The molecule has 2 aromatic carbocycles. The number of rotatable bonds is 4. The normalized spacial score (nSPS) is 12.0. The van der Waals surface area contributed by atoms with Crippen LogP contribution in [0, 0.1) is 18.3 Å². The lowest BCUT2D eigenvalue weighted by Gasteiger charge is -2.09. The number of anilines is 1. The molecule has 0 aliphatic rings. The summed E-state index contributed by atoms with van der Waals surface area (Å²) in [5.41, 5.74) is 3.25. The van der Waals surface area contributed by atoms with Gasteiger partial charge in [-0.25, -0.2) is 0 Å². The van der Waals surface area contributed by atoms with Crippen molar-refractivity contribution in [3.8, 4) is 6.07 Å². The Morgan fingerprint density at radius 2 is 1.74 bits per heavy atom. The second-order valence-electron chi connectivity index (χ2n) is 4.39. The largest absolute Gasteiger partial charge is 0.367 e. The molecule has 2 nitrogen and oxygen atoms in total. The minimum atomic E-state index is -0.331. The molecule has 0 amide bonds. The molecular formula is C17H16N2. The number of aryl methyl sites for hydroxylation is 1. The summed E-state index contributed by atoms with van der Waals surface area (Å²) in [5.74, 6) is 0. The topological polar surface area (TPSA) is 35.8 Å². The van der Waals surface area contributed by atoms with E-state index in [9.17, 15) is 0 Å². The van der Waals surface area contributed by atoms with E-state index in [1.165, 1.54) is 5.56 Å². The third-order valence-corrected chi connectivity index (χ3v) is 2.79. The third-order valence-electron chi connectivity index (χ3n) is 2.79. The molecule has 94 valence electrons. The minimum Gasteiger partial charge on any atom is -0.367 e. The van der Waals surface area contributed by atoms with Crippen molar-refractivity contribution in [1.29, 1.82) is 5.26 Å². The van der Waals surface area contributed by atoms with Crippen molar-refractivity contribution in [3.05, 3.63) is 71.8 Å². The van der Waals surface area contributed by atoms with Crippen molar-refractivity contribution >= 4 is 11.8 Å². The van der Waals surface area contributed by atoms with Gasteiger partial charge < -0.3 is 5.32 Å². The van der Waals surface area contributed by atoms with Gasteiger partial charge in [0.25, 0.3) is 0 Å². The molecule has 0 saturated carbocycles. The zero-order valence-corrected chi connectivity index (χ0v) is 10.9. The molecule has 2 aromatic rings. The lowest BCUT2D eigenvalue weighted by atomic mass is 10.1. The molecule has 0 aromatic heterocycles. The van der Waals surface area contributed by atoms with Crippen LogP contribution in [0.3, 0.4) is 0 Å². The Morgan fingerprint density at radius 1 is 1.05 bits per heavy atom. The van der Waals surface area contributed by atoms with E-state index in [-0.39, 0.29) is 6.04 Å². The summed E-state index contributed by atoms with van der Waals surface area (Å²) >= 11 is 0. The van der Waals surface area contributed by atoms with Crippen LogP contribution in [-0.4, -0.2) is 6.04 Å². The molecule has 1 N–H and O–H groups in total. The van der Waals surface area contributed by atoms with Crippen LogP contribution in [0.5, 0.6) is 0 Å². The molecule has 19 heavy (non-hydrogen) atoms. The average Bonchev–Trinajstić information content (AvgIpc) is 2.46. The van der Waals surface area contributed by atoms with Crippen molar-refractivity contribution in [1.82, 2.24) is 0 Å². The average molecular weight is 248 g/mol. The number of hydrogen-bond acceptors (Lipinski definition) is 2. The molecule has 1 unspecified atom stereocenters. The van der Waals surface area contributed by atoms with Crippen LogP contribution in [0.4, 0.5) is 5.69 Å². The van der Waals surface area contributed by atoms with E-state index in [2.05, 4.69) is 11.4 Å². The summed E-state index contributed by atoms with van der Waals surface area (Å²) in [7, 11) is 0. The monoisotopic (exact) mass is 248 g/mol. The number of nitrogens with one attached hydrogen (secondary N) is 1. The van der Waals surface area contributed by atoms with Gasteiger partial charge in [-0.15, -0.1) is 0 Å². The van der Waals surface area contributed by atoms with E-state index in [1.54, 1.807) is 0 Å². The molecule has 2 heteroatoms.